The fourth-order valence-electron chi connectivity index (χ4n) is 5.92. The van der Waals surface area contributed by atoms with Crippen molar-refractivity contribution in [1.29, 1.82) is 0 Å². The van der Waals surface area contributed by atoms with Crippen molar-refractivity contribution in [3.05, 3.63) is 25.3 Å². The lowest BCUT2D eigenvalue weighted by atomic mass is 9.92. The van der Waals surface area contributed by atoms with Gasteiger partial charge < -0.3 is 48.3 Å². The molecule has 0 aliphatic carbocycles. The van der Waals surface area contributed by atoms with E-state index in [9.17, 15) is 44.4 Å². The zero-order chi connectivity index (χ0) is 58.1. The molecule has 0 rings (SSSR count). The van der Waals surface area contributed by atoms with E-state index < -0.39 is 103 Å². The van der Waals surface area contributed by atoms with Crippen molar-refractivity contribution < 1.29 is 63.4 Å². The van der Waals surface area contributed by atoms with Crippen LogP contribution in [0.5, 0.6) is 0 Å². The quantitative estimate of drug-likeness (QED) is 0.0271. The lowest BCUT2D eigenvalue weighted by Crippen LogP contribution is -2.45. The molecule has 0 N–H and O–H groups in total. The number of ether oxygens (including phenoxy) is 4. The van der Waals surface area contributed by atoms with Crippen molar-refractivity contribution in [2.24, 2.45) is 5.41 Å². The predicted molar refractivity (Wildman–Crippen MR) is 316 cm³/mol. The summed E-state index contributed by atoms with van der Waals surface area (Å²) in [5.41, 5.74) is -1.69. The maximum absolute atomic E-state index is 13.1. The van der Waals surface area contributed by atoms with Gasteiger partial charge in [0, 0.05) is 62.9 Å². The summed E-state index contributed by atoms with van der Waals surface area (Å²) in [6.07, 6.45) is 1.14. The minimum absolute atomic E-state index is 0. The topological polar surface area (TPSA) is 227 Å². The molecule has 0 heterocycles. The maximum atomic E-state index is 13.1. The second-order valence-corrected chi connectivity index (χ2v) is 27.6. The standard InChI is InChI=1S/C29H50N2O12S2.C11H26N2S2.C10H24N2O2S.CH4/c1-8-24(45(38,39)19-16-31(12-5)13-6)28(35)43-23-29(20-40-25(32)9-2,21-41-26(33)10-3)22-42-27(34)14-17-44(36,37)18-15-30(7)11-4;1-5-12(4)8-10-14-15-11-9-13(6-2)7-3;1-5-11(3)7-9-15(13,14)10-8-12(4)6-2;/h9-10,24H,2-3,8,11-23H2,1,4-7H3;5-11H2,1-4H3;5-10H2,1-4H3;1H4. The summed E-state index contributed by atoms with van der Waals surface area (Å²) in [6, 6.07) is 0. The number of carbonyl (C=O) groups excluding carboxylic acids is 4. The number of rotatable bonds is 43. The Labute approximate surface area is 470 Å². The highest BCUT2D eigenvalue weighted by Gasteiger charge is 2.40. The van der Waals surface area contributed by atoms with Crippen molar-refractivity contribution in [2.75, 3.05) is 187 Å². The summed E-state index contributed by atoms with van der Waals surface area (Å²) in [7, 11) is 1.46. The van der Waals surface area contributed by atoms with Gasteiger partial charge in [0.25, 0.3) is 0 Å². The molecule has 0 saturated heterocycles. The molecule has 0 amide bonds. The van der Waals surface area contributed by atoms with Crippen LogP contribution in [0.25, 0.3) is 0 Å². The first-order valence-corrected chi connectivity index (χ1v) is 34.0. The molecule has 0 bridgehead atoms. The second kappa shape index (κ2) is 46.4. The Morgan fingerprint density at radius 3 is 1.22 bits per heavy atom. The van der Waals surface area contributed by atoms with Gasteiger partial charge in [-0.3, -0.25) is 9.59 Å². The molecule has 0 fully saturated rings. The lowest BCUT2D eigenvalue weighted by molar-refractivity contribution is -0.167. The van der Waals surface area contributed by atoms with E-state index >= 15 is 0 Å². The van der Waals surface area contributed by atoms with Crippen LogP contribution in [0.4, 0.5) is 0 Å². The highest BCUT2D eigenvalue weighted by molar-refractivity contribution is 8.76. The van der Waals surface area contributed by atoms with E-state index in [1.54, 1.807) is 11.9 Å². The Bertz CT molecular complexity index is 1860. The Balaban J connectivity index is -0.000000676. The molecule has 0 radical (unpaired) electrons. The normalized spacial score (nSPS) is 12.4. The van der Waals surface area contributed by atoms with Crippen LogP contribution in [-0.4, -0.2) is 270 Å². The van der Waals surface area contributed by atoms with E-state index in [2.05, 4.69) is 50.8 Å². The molecule has 76 heavy (non-hydrogen) atoms. The molecule has 20 nitrogen and oxygen atoms in total. The third-order valence-corrected chi connectivity index (χ3v) is 20.0. The van der Waals surface area contributed by atoms with E-state index in [4.69, 9.17) is 18.9 Å². The van der Waals surface area contributed by atoms with Gasteiger partial charge in [0.05, 0.1) is 35.2 Å². The fraction of sp³-hybridized carbons (Fsp3) is 0.843. The van der Waals surface area contributed by atoms with Crippen molar-refractivity contribution >= 4 is 75.0 Å². The van der Waals surface area contributed by atoms with Gasteiger partial charge >= 0.3 is 23.9 Å². The largest absolute Gasteiger partial charge is 0.465 e. The SMILES string of the molecule is C.C=CC(=O)OCC(COC(=O)C=C)(COC(=O)CCS(=O)(=O)CCN(C)CC)COC(=O)C(CC)S(=O)(=O)CCN(CC)CC.CCN(C)CCS(=O)(=O)CCN(C)CC.CCN(C)CCSSCCN(CC)CC. The first kappa shape index (κ1) is 80.2. The van der Waals surface area contributed by atoms with Gasteiger partial charge in [-0.2, -0.15) is 0 Å². The molecule has 1 atom stereocenters. The van der Waals surface area contributed by atoms with Crippen LogP contribution in [0, 0.1) is 5.41 Å². The van der Waals surface area contributed by atoms with Crippen LogP contribution in [0.15, 0.2) is 25.3 Å². The molecule has 1 unspecified atom stereocenters. The maximum Gasteiger partial charge on any atom is 0.330 e. The van der Waals surface area contributed by atoms with Gasteiger partial charge in [0.15, 0.2) is 34.8 Å². The van der Waals surface area contributed by atoms with E-state index in [1.807, 2.05) is 85.0 Å². The first-order valence-electron chi connectivity index (χ1n) is 26.1. The number of sulfone groups is 3. The monoisotopic (exact) mass is 1180 g/mol. The lowest BCUT2D eigenvalue weighted by Gasteiger charge is -2.32. The van der Waals surface area contributed by atoms with E-state index in [1.165, 1.54) is 44.6 Å². The Kier molecular flexibility index (Phi) is 49.0. The van der Waals surface area contributed by atoms with Crippen LogP contribution in [0.3, 0.4) is 0 Å². The van der Waals surface area contributed by atoms with Crippen molar-refractivity contribution in [2.45, 2.75) is 87.8 Å². The van der Waals surface area contributed by atoms with Gasteiger partial charge in [-0.15, -0.1) is 0 Å². The molecule has 0 aromatic rings. The summed E-state index contributed by atoms with van der Waals surface area (Å²) in [5, 5.41) is -1.50. The molecule has 0 aromatic carbocycles. The van der Waals surface area contributed by atoms with Crippen LogP contribution in [-0.2, 0) is 67.6 Å². The van der Waals surface area contributed by atoms with E-state index in [-0.39, 0.29) is 49.9 Å². The van der Waals surface area contributed by atoms with Crippen LogP contribution in [0.1, 0.15) is 82.6 Å². The van der Waals surface area contributed by atoms with Crippen molar-refractivity contribution in [3.8, 4) is 0 Å². The van der Waals surface area contributed by atoms with Gasteiger partial charge in [-0.25, -0.2) is 34.8 Å². The van der Waals surface area contributed by atoms with Crippen LogP contribution >= 0.6 is 21.6 Å². The number of nitrogens with zero attached hydrogens (tertiary/aromatic N) is 6. The minimum atomic E-state index is -3.93. The van der Waals surface area contributed by atoms with Crippen LogP contribution < -0.4 is 0 Å². The Morgan fingerprint density at radius 2 is 0.842 bits per heavy atom. The Morgan fingerprint density at radius 1 is 0.487 bits per heavy atom. The van der Waals surface area contributed by atoms with Gasteiger partial charge in [0.2, 0.25) is 0 Å². The summed E-state index contributed by atoms with van der Waals surface area (Å²) < 4.78 is 95.0. The molecule has 0 saturated carbocycles. The molecular formula is C51H104N6O14S5. The van der Waals surface area contributed by atoms with Crippen molar-refractivity contribution in [3.63, 3.8) is 0 Å². The molecule has 0 aliphatic rings. The van der Waals surface area contributed by atoms with Gasteiger partial charge in [-0.05, 0) is 87.0 Å². The summed E-state index contributed by atoms with van der Waals surface area (Å²) in [4.78, 5) is 62.0. The number of hydrogen-bond acceptors (Lipinski definition) is 22. The second-order valence-electron chi connectivity index (χ2n) is 18.0. The van der Waals surface area contributed by atoms with Crippen LogP contribution in [0.2, 0.25) is 0 Å². The van der Waals surface area contributed by atoms with Gasteiger partial charge in [0.1, 0.15) is 31.8 Å². The zero-order valence-electron chi connectivity index (χ0n) is 48.2. The van der Waals surface area contributed by atoms with Crippen molar-refractivity contribution in [1.82, 2.24) is 29.4 Å². The number of carbonyl (C=O) groups is 4. The molecule has 0 aromatic heterocycles. The molecule has 452 valence electrons. The zero-order valence-corrected chi connectivity index (χ0v) is 52.3. The first-order chi connectivity index (χ1) is 35.2. The minimum Gasteiger partial charge on any atom is -0.465 e. The van der Waals surface area contributed by atoms with E-state index in [0.717, 1.165) is 31.8 Å². The van der Waals surface area contributed by atoms with E-state index in [0.29, 0.717) is 32.7 Å². The average molecular weight is 1190 g/mol. The summed E-state index contributed by atoms with van der Waals surface area (Å²) in [5.74, 6) is -1.66. The summed E-state index contributed by atoms with van der Waals surface area (Å²) in [6.45, 7) is 33.4. The third kappa shape index (κ3) is 41.7. The third-order valence-electron chi connectivity index (χ3n) is 12.2. The fourth-order valence-corrected chi connectivity index (χ4v) is 12.4. The number of hydrogen-bond donors (Lipinski definition) is 0. The molecule has 25 heteroatoms. The Hall–Kier alpha value is -2.33. The molecule has 0 spiro atoms. The predicted octanol–water partition coefficient (Wildman–Crippen LogP) is 4.41. The van der Waals surface area contributed by atoms with Gasteiger partial charge in [-0.1, -0.05) is 104 Å². The summed E-state index contributed by atoms with van der Waals surface area (Å²) >= 11 is 0. The highest BCUT2D eigenvalue weighted by atomic mass is 33.1. The smallest absolute Gasteiger partial charge is 0.330 e. The highest BCUT2D eigenvalue weighted by Crippen LogP contribution is 2.24. The molecule has 0 aliphatic heterocycles. The number of esters is 4. The average Bonchev–Trinajstić information content (AvgIpc) is 3.40. The molecular weight excluding hydrogens is 1080 g/mol.